The lowest BCUT2D eigenvalue weighted by Gasteiger charge is -2.36. The van der Waals surface area contributed by atoms with Crippen molar-refractivity contribution in [1.82, 2.24) is 10.2 Å². The molecule has 0 saturated carbocycles. The molecular weight excluding hydrogens is 312 g/mol. The summed E-state index contributed by atoms with van der Waals surface area (Å²) in [6.07, 6.45) is 2.35. The first-order valence-electron chi connectivity index (χ1n) is 9.10. The highest BCUT2D eigenvalue weighted by Gasteiger charge is 2.32. The van der Waals surface area contributed by atoms with Gasteiger partial charge in [-0.1, -0.05) is 42.5 Å². The van der Waals surface area contributed by atoms with Gasteiger partial charge in [-0.25, -0.2) is 0 Å². The normalized spacial score (nSPS) is 23.9. The standard InChI is InChI=1S/C21H24N2O2/c24-21-18-10-4-5-11-19(18)25-20(13-22-21)17-9-6-12-23(15-17)14-16-7-2-1-3-8-16/h1-5,7-8,10-11,17,20H,6,9,12-15H2,(H,22,24). The van der Waals surface area contributed by atoms with Crippen molar-refractivity contribution in [2.45, 2.75) is 25.5 Å². The van der Waals surface area contributed by atoms with Crippen LogP contribution < -0.4 is 10.1 Å². The van der Waals surface area contributed by atoms with Crippen molar-refractivity contribution in [3.63, 3.8) is 0 Å². The maximum Gasteiger partial charge on any atom is 0.255 e. The third kappa shape index (κ3) is 3.69. The van der Waals surface area contributed by atoms with Gasteiger partial charge in [0.1, 0.15) is 11.9 Å². The van der Waals surface area contributed by atoms with Crippen LogP contribution in [0.2, 0.25) is 0 Å². The monoisotopic (exact) mass is 336 g/mol. The van der Waals surface area contributed by atoms with E-state index in [-0.39, 0.29) is 12.0 Å². The average Bonchev–Trinajstić information content (AvgIpc) is 2.82. The molecule has 0 bridgehead atoms. The first-order chi connectivity index (χ1) is 12.3. The van der Waals surface area contributed by atoms with Crippen LogP contribution in [0.25, 0.3) is 0 Å². The Kier molecular flexibility index (Phi) is 4.70. The Morgan fingerprint density at radius 2 is 1.88 bits per heavy atom. The second kappa shape index (κ2) is 7.28. The van der Waals surface area contributed by atoms with Crippen LogP contribution in [0.1, 0.15) is 28.8 Å². The number of hydrogen-bond acceptors (Lipinski definition) is 3. The summed E-state index contributed by atoms with van der Waals surface area (Å²) in [7, 11) is 0. The number of rotatable bonds is 3. The summed E-state index contributed by atoms with van der Waals surface area (Å²) in [5, 5.41) is 3.03. The predicted molar refractivity (Wildman–Crippen MR) is 97.6 cm³/mol. The Hall–Kier alpha value is -2.33. The summed E-state index contributed by atoms with van der Waals surface area (Å²) < 4.78 is 6.26. The molecule has 0 aromatic heterocycles. The topological polar surface area (TPSA) is 41.6 Å². The van der Waals surface area contributed by atoms with Crippen molar-refractivity contribution < 1.29 is 9.53 Å². The van der Waals surface area contributed by atoms with E-state index in [0.717, 1.165) is 26.1 Å². The number of hydrogen-bond donors (Lipinski definition) is 1. The van der Waals surface area contributed by atoms with Crippen LogP contribution in [0, 0.1) is 5.92 Å². The SMILES string of the molecule is O=C1NCC(C2CCCN(Cc3ccccc3)C2)Oc2ccccc21. The van der Waals surface area contributed by atoms with Crippen molar-refractivity contribution in [3.05, 3.63) is 65.7 Å². The molecule has 2 unspecified atom stereocenters. The van der Waals surface area contributed by atoms with Gasteiger partial charge in [0, 0.05) is 19.0 Å². The Labute approximate surface area is 148 Å². The summed E-state index contributed by atoms with van der Waals surface area (Å²) in [5.74, 6) is 1.11. The van der Waals surface area contributed by atoms with Crippen LogP contribution in [-0.2, 0) is 6.54 Å². The fourth-order valence-electron chi connectivity index (χ4n) is 3.89. The number of piperidine rings is 1. The second-order valence-electron chi connectivity index (χ2n) is 6.99. The zero-order valence-corrected chi connectivity index (χ0v) is 14.4. The van der Waals surface area contributed by atoms with Crippen LogP contribution in [0.5, 0.6) is 5.75 Å². The van der Waals surface area contributed by atoms with E-state index in [9.17, 15) is 4.79 Å². The molecule has 2 atom stereocenters. The molecule has 2 heterocycles. The number of nitrogens with zero attached hydrogens (tertiary/aromatic N) is 1. The third-order valence-corrected chi connectivity index (χ3v) is 5.19. The smallest absolute Gasteiger partial charge is 0.255 e. The van der Waals surface area contributed by atoms with Crippen molar-refractivity contribution in [1.29, 1.82) is 0 Å². The van der Waals surface area contributed by atoms with E-state index in [2.05, 4.69) is 40.5 Å². The van der Waals surface area contributed by atoms with E-state index in [1.807, 2.05) is 24.3 Å². The number of amides is 1. The molecule has 2 aromatic carbocycles. The Morgan fingerprint density at radius 3 is 2.76 bits per heavy atom. The van der Waals surface area contributed by atoms with Gasteiger partial charge >= 0.3 is 0 Å². The summed E-state index contributed by atoms with van der Waals surface area (Å²) in [6.45, 7) is 3.70. The number of ether oxygens (including phenoxy) is 1. The van der Waals surface area contributed by atoms with Crippen LogP contribution in [0.3, 0.4) is 0 Å². The van der Waals surface area contributed by atoms with Crippen LogP contribution in [0.15, 0.2) is 54.6 Å². The molecule has 1 N–H and O–H groups in total. The fraction of sp³-hybridized carbons (Fsp3) is 0.381. The quantitative estimate of drug-likeness (QED) is 0.936. The molecular formula is C21H24N2O2. The number of likely N-dealkylation sites (tertiary alicyclic amines) is 1. The van der Waals surface area contributed by atoms with Crippen molar-refractivity contribution in [2.75, 3.05) is 19.6 Å². The van der Waals surface area contributed by atoms with Crippen molar-refractivity contribution >= 4 is 5.91 Å². The summed E-state index contributed by atoms with van der Waals surface area (Å²) in [6, 6.07) is 18.1. The summed E-state index contributed by atoms with van der Waals surface area (Å²) in [4.78, 5) is 14.7. The fourth-order valence-corrected chi connectivity index (χ4v) is 3.89. The minimum Gasteiger partial charge on any atom is -0.487 e. The first-order valence-corrected chi connectivity index (χ1v) is 9.10. The van der Waals surface area contributed by atoms with Gasteiger partial charge in [-0.15, -0.1) is 0 Å². The maximum atomic E-state index is 12.2. The predicted octanol–water partition coefficient (Wildman–Crippen LogP) is 3.09. The van der Waals surface area contributed by atoms with Gasteiger partial charge in [0.2, 0.25) is 0 Å². The number of fused-ring (bicyclic) bond motifs is 1. The number of para-hydroxylation sites is 1. The highest BCUT2D eigenvalue weighted by molar-refractivity contribution is 5.97. The lowest BCUT2D eigenvalue weighted by atomic mass is 9.92. The second-order valence-corrected chi connectivity index (χ2v) is 6.99. The van der Waals surface area contributed by atoms with Crippen LogP contribution >= 0.6 is 0 Å². The number of benzene rings is 2. The van der Waals surface area contributed by atoms with Gasteiger partial charge in [-0.05, 0) is 37.1 Å². The highest BCUT2D eigenvalue weighted by atomic mass is 16.5. The Bertz CT molecular complexity index is 732. The molecule has 4 nitrogen and oxygen atoms in total. The lowest BCUT2D eigenvalue weighted by Crippen LogP contribution is -2.45. The van der Waals surface area contributed by atoms with Gasteiger partial charge in [-0.2, -0.15) is 0 Å². The Morgan fingerprint density at radius 1 is 1.08 bits per heavy atom. The largest absolute Gasteiger partial charge is 0.487 e. The molecule has 0 radical (unpaired) electrons. The minimum absolute atomic E-state index is 0.0324. The lowest BCUT2D eigenvalue weighted by molar-refractivity contribution is 0.0660. The Balaban J connectivity index is 1.45. The molecule has 2 aliphatic heterocycles. The molecule has 130 valence electrons. The zero-order valence-electron chi connectivity index (χ0n) is 14.4. The highest BCUT2D eigenvalue weighted by Crippen LogP contribution is 2.28. The number of nitrogens with one attached hydrogen (secondary N) is 1. The van der Waals surface area contributed by atoms with Gasteiger partial charge in [-0.3, -0.25) is 9.69 Å². The summed E-state index contributed by atoms with van der Waals surface area (Å²) in [5.41, 5.74) is 1.99. The van der Waals surface area contributed by atoms with Crippen LogP contribution in [-0.4, -0.2) is 36.5 Å². The molecule has 1 fully saturated rings. The van der Waals surface area contributed by atoms with E-state index in [4.69, 9.17) is 4.74 Å². The van der Waals surface area contributed by atoms with Crippen LogP contribution in [0.4, 0.5) is 0 Å². The first kappa shape index (κ1) is 16.2. The molecule has 1 saturated heterocycles. The van der Waals surface area contributed by atoms with Gasteiger partial charge < -0.3 is 10.1 Å². The van der Waals surface area contributed by atoms with E-state index >= 15 is 0 Å². The van der Waals surface area contributed by atoms with Gasteiger partial charge in [0.15, 0.2) is 0 Å². The molecule has 2 aliphatic rings. The maximum absolute atomic E-state index is 12.2. The number of carbonyl (C=O) groups excluding carboxylic acids is 1. The summed E-state index contributed by atoms with van der Waals surface area (Å²) >= 11 is 0. The van der Waals surface area contributed by atoms with E-state index < -0.39 is 0 Å². The zero-order chi connectivity index (χ0) is 17.1. The molecule has 1 amide bonds. The van der Waals surface area contributed by atoms with Gasteiger partial charge in [0.05, 0.1) is 12.1 Å². The molecule has 4 rings (SSSR count). The van der Waals surface area contributed by atoms with E-state index in [0.29, 0.717) is 23.8 Å². The number of carbonyl (C=O) groups is 1. The molecule has 0 spiro atoms. The minimum atomic E-state index is -0.0324. The average molecular weight is 336 g/mol. The molecule has 2 aromatic rings. The van der Waals surface area contributed by atoms with Gasteiger partial charge in [0.25, 0.3) is 5.91 Å². The molecule has 0 aliphatic carbocycles. The third-order valence-electron chi connectivity index (χ3n) is 5.19. The van der Waals surface area contributed by atoms with E-state index in [1.165, 1.54) is 12.0 Å². The van der Waals surface area contributed by atoms with Crippen molar-refractivity contribution in [3.8, 4) is 5.75 Å². The molecule has 4 heteroatoms. The van der Waals surface area contributed by atoms with Crippen molar-refractivity contribution in [2.24, 2.45) is 5.92 Å². The van der Waals surface area contributed by atoms with E-state index in [1.54, 1.807) is 0 Å². The molecule has 25 heavy (non-hydrogen) atoms.